The summed E-state index contributed by atoms with van der Waals surface area (Å²) in [6.07, 6.45) is 3.21. The molecule has 0 aliphatic heterocycles. The van der Waals surface area contributed by atoms with E-state index >= 15 is 0 Å². The fourth-order valence-electron chi connectivity index (χ4n) is 3.90. The van der Waals surface area contributed by atoms with Crippen LogP contribution in [0.25, 0.3) is 34.2 Å². The minimum atomic E-state index is -0.139. The van der Waals surface area contributed by atoms with E-state index in [2.05, 4.69) is 0 Å². The molecule has 178 valence electrons. The maximum Gasteiger partial charge on any atom is 0.185 e. The second kappa shape index (κ2) is 10.1. The largest absolute Gasteiger partial charge is 0.493 e. The summed E-state index contributed by atoms with van der Waals surface area (Å²) in [5.74, 6) is 1.09. The highest BCUT2D eigenvalue weighted by molar-refractivity contribution is 6.30. The van der Waals surface area contributed by atoms with Crippen LogP contribution in [0.2, 0.25) is 5.02 Å². The third-order valence-electron chi connectivity index (χ3n) is 5.73. The molecule has 0 N–H and O–H groups in total. The SMILES string of the molecule is COc1ccc(-c2cc(/C=C/C(=O)c3ccc(Cl)cc3)nc3cc(-c4ccccc4)nn23)cc1OC. The molecule has 5 aromatic rings. The van der Waals surface area contributed by atoms with Crippen LogP contribution in [0.1, 0.15) is 16.1 Å². The van der Waals surface area contributed by atoms with E-state index in [1.165, 1.54) is 6.08 Å². The van der Waals surface area contributed by atoms with Crippen LogP contribution in [-0.2, 0) is 0 Å². The molecule has 2 aromatic heterocycles. The van der Waals surface area contributed by atoms with Crippen molar-refractivity contribution in [2.24, 2.45) is 0 Å². The lowest BCUT2D eigenvalue weighted by Gasteiger charge is -2.11. The Morgan fingerprint density at radius 1 is 0.861 bits per heavy atom. The minimum Gasteiger partial charge on any atom is -0.493 e. The Hall–Kier alpha value is -4.42. The molecule has 0 fully saturated rings. The number of methoxy groups -OCH3 is 2. The Kier molecular flexibility index (Phi) is 6.52. The first kappa shape index (κ1) is 23.3. The molecule has 0 radical (unpaired) electrons. The fourth-order valence-corrected chi connectivity index (χ4v) is 4.03. The maximum absolute atomic E-state index is 12.7. The predicted molar refractivity (Wildman–Crippen MR) is 142 cm³/mol. The van der Waals surface area contributed by atoms with Crippen LogP contribution < -0.4 is 9.47 Å². The number of rotatable bonds is 7. The predicted octanol–water partition coefficient (Wildman–Crippen LogP) is 6.63. The van der Waals surface area contributed by atoms with Crippen LogP contribution in [0, 0.1) is 0 Å². The summed E-state index contributed by atoms with van der Waals surface area (Å²) in [6, 6.07) is 26.2. The number of carbonyl (C=O) groups excluding carboxylic acids is 1. The number of benzene rings is 3. The van der Waals surface area contributed by atoms with Crippen molar-refractivity contribution in [2.75, 3.05) is 14.2 Å². The Balaban J connectivity index is 1.62. The zero-order chi connectivity index (χ0) is 25.1. The normalized spacial score (nSPS) is 11.2. The molecule has 0 saturated heterocycles. The van der Waals surface area contributed by atoms with E-state index in [1.807, 2.05) is 60.7 Å². The Morgan fingerprint density at radius 3 is 2.33 bits per heavy atom. The van der Waals surface area contributed by atoms with Crippen molar-refractivity contribution >= 4 is 29.1 Å². The molecule has 0 bridgehead atoms. The van der Waals surface area contributed by atoms with Gasteiger partial charge in [-0.3, -0.25) is 4.79 Å². The van der Waals surface area contributed by atoms with E-state index in [0.29, 0.717) is 33.4 Å². The van der Waals surface area contributed by atoms with E-state index in [1.54, 1.807) is 49.1 Å². The van der Waals surface area contributed by atoms with Gasteiger partial charge < -0.3 is 9.47 Å². The molecule has 0 amide bonds. The van der Waals surface area contributed by atoms with Crippen molar-refractivity contribution in [2.45, 2.75) is 0 Å². The van der Waals surface area contributed by atoms with Gasteiger partial charge in [-0.2, -0.15) is 5.10 Å². The molecule has 0 unspecified atom stereocenters. The minimum absolute atomic E-state index is 0.139. The van der Waals surface area contributed by atoms with Crippen molar-refractivity contribution in [3.05, 3.63) is 107 Å². The molecule has 7 heteroatoms. The van der Waals surface area contributed by atoms with E-state index in [4.69, 9.17) is 31.2 Å². The molecule has 0 aliphatic rings. The van der Waals surface area contributed by atoms with E-state index in [0.717, 1.165) is 22.5 Å². The first-order chi connectivity index (χ1) is 17.6. The highest BCUT2D eigenvalue weighted by atomic mass is 35.5. The summed E-state index contributed by atoms with van der Waals surface area (Å²) in [5, 5.41) is 5.41. The molecule has 0 aliphatic carbocycles. The maximum atomic E-state index is 12.7. The second-order valence-corrected chi connectivity index (χ2v) is 8.44. The van der Waals surface area contributed by atoms with E-state index in [-0.39, 0.29) is 5.78 Å². The third kappa shape index (κ3) is 4.72. The standard InChI is InChI=1S/C29H22ClN3O3/c1-35-27-15-10-21(16-28(27)36-2)25-17-23(13-14-26(34)20-8-11-22(30)12-9-20)31-29-18-24(32-33(25)29)19-6-4-3-5-7-19/h3-18H,1-2H3/b14-13+. The summed E-state index contributed by atoms with van der Waals surface area (Å²) >= 11 is 5.94. The fraction of sp³-hybridized carbons (Fsp3) is 0.0690. The van der Waals surface area contributed by atoms with Gasteiger partial charge in [0.1, 0.15) is 0 Å². The number of halogens is 1. The lowest BCUT2D eigenvalue weighted by molar-refractivity contribution is 0.104. The smallest absolute Gasteiger partial charge is 0.185 e. The van der Waals surface area contributed by atoms with Crippen molar-refractivity contribution in [1.29, 1.82) is 0 Å². The summed E-state index contributed by atoms with van der Waals surface area (Å²) in [7, 11) is 3.20. The molecule has 0 atom stereocenters. The number of hydrogen-bond acceptors (Lipinski definition) is 5. The highest BCUT2D eigenvalue weighted by Gasteiger charge is 2.14. The number of ether oxygens (including phenoxy) is 2. The number of carbonyl (C=O) groups is 1. The van der Waals surface area contributed by atoms with Crippen LogP contribution >= 0.6 is 11.6 Å². The van der Waals surface area contributed by atoms with Crippen molar-refractivity contribution in [1.82, 2.24) is 14.6 Å². The molecule has 0 spiro atoms. The van der Waals surface area contributed by atoms with Crippen molar-refractivity contribution in [3.63, 3.8) is 0 Å². The van der Waals surface area contributed by atoms with Crippen LogP contribution in [0.5, 0.6) is 11.5 Å². The molecule has 5 rings (SSSR count). The summed E-state index contributed by atoms with van der Waals surface area (Å²) in [4.78, 5) is 17.4. The first-order valence-electron chi connectivity index (χ1n) is 11.2. The topological polar surface area (TPSA) is 65.7 Å². The molecule has 0 saturated carbocycles. The van der Waals surface area contributed by atoms with Gasteiger partial charge in [0.2, 0.25) is 0 Å². The van der Waals surface area contributed by atoms with Gasteiger partial charge in [-0.1, -0.05) is 41.9 Å². The average Bonchev–Trinajstić information content (AvgIpc) is 3.36. The molecule has 6 nitrogen and oxygen atoms in total. The van der Waals surface area contributed by atoms with Gasteiger partial charge in [0.05, 0.1) is 31.3 Å². The second-order valence-electron chi connectivity index (χ2n) is 8.01. The quantitative estimate of drug-likeness (QED) is 0.187. The Bertz CT molecular complexity index is 1580. The average molecular weight is 496 g/mol. The highest BCUT2D eigenvalue weighted by Crippen LogP contribution is 2.33. The molecular formula is C29H22ClN3O3. The van der Waals surface area contributed by atoms with Crippen molar-refractivity contribution in [3.8, 4) is 34.0 Å². The van der Waals surface area contributed by atoms with Gasteiger partial charge in [0.25, 0.3) is 0 Å². The Labute approximate surface area is 213 Å². The van der Waals surface area contributed by atoms with Gasteiger partial charge in [0, 0.05) is 27.8 Å². The third-order valence-corrected chi connectivity index (χ3v) is 5.98. The molecule has 36 heavy (non-hydrogen) atoms. The van der Waals surface area contributed by atoms with Gasteiger partial charge >= 0.3 is 0 Å². The van der Waals surface area contributed by atoms with E-state index in [9.17, 15) is 4.79 Å². The lowest BCUT2D eigenvalue weighted by Crippen LogP contribution is -2.00. The molecular weight excluding hydrogens is 474 g/mol. The van der Waals surface area contributed by atoms with Gasteiger partial charge in [0.15, 0.2) is 22.9 Å². The number of nitrogens with zero attached hydrogens (tertiary/aromatic N) is 3. The number of allylic oxidation sites excluding steroid dienone is 1. The van der Waals surface area contributed by atoms with Crippen LogP contribution in [0.3, 0.4) is 0 Å². The van der Waals surface area contributed by atoms with Crippen LogP contribution in [0.15, 0.2) is 91.0 Å². The summed E-state index contributed by atoms with van der Waals surface area (Å²) < 4.78 is 12.7. The molecule has 2 heterocycles. The van der Waals surface area contributed by atoms with E-state index < -0.39 is 0 Å². The van der Waals surface area contributed by atoms with Crippen LogP contribution in [-0.4, -0.2) is 34.6 Å². The van der Waals surface area contributed by atoms with Gasteiger partial charge in [-0.05, 0) is 60.7 Å². The first-order valence-corrected chi connectivity index (χ1v) is 11.6. The molecule has 3 aromatic carbocycles. The van der Waals surface area contributed by atoms with Gasteiger partial charge in [-0.15, -0.1) is 0 Å². The summed E-state index contributed by atoms with van der Waals surface area (Å²) in [5.41, 5.74) is 5.25. The number of ketones is 1. The summed E-state index contributed by atoms with van der Waals surface area (Å²) in [6.45, 7) is 0. The van der Waals surface area contributed by atoms with Crippen LogP contribution in [0.4, 0.5) is 0 Å². The number of hydrogen-bond donors (Lipinski definition) is 0. The monoisotopic (exact) mass is 495 g/mol. The van der Waals surface area contributed by atoms with Crippen molar-refractivity contribution < 1.29 is 14.3 Å². The van der Waals surface area contributed by atoms with Gasteiger partial charge in [-0.25, -0.2) is 9.50 Å². The lowest BCUT2D eigenvalue weighted by atomic mass is 10.1. The number of aromatic nitrogens is 3. The zero-order valence-corrected chi connectivity index (χ0v) is 20.4. The Morgan fingerprint density at radius 2 is 1.61 bits per heavy atom. The zero-order valence-electron chi connectivity index (χ0n) is 19.7. The number of fused-ring (bicyclic) bond motifs is 1.